The van der Waals surface area contributed by atoms with Gasteiger partial charge in [0.1, 0.15) is 0 Å². The lowest BCUT2D eigenvalue weighted by Gasteiger charge is -2.18. The van der Waals surface area contributed by atoms with Gasteiger partial charge >= 0.3 is 6.18 Å². The monoisotopic (exact) mass is 324 g/mol. The van der Waals surface area contributed by atoms with Crippen LogP contribution in [0.4, 0.5) is 13.2 Å². The van der Waals surface area contributed by atoms with Crippen molar-refractivity contribution in [1.82, 2.24) is 10.2 Å². The van der Waals surface area contributed by atoms with Crippen molar-refractivity contribution >= 4 is 5.91 Å². The zero-order chi connectivity index (χ0) is 16.9. The van der Waals surface area contributed by atoms with Gasteiger partial charge in [0.05, 0.1) is 18.7 Å². The van der Waals surface area contributed by atoms with E-state index in [-0.39, 0.29) is 18.0 Å². The number of carbonyl (C=O) groups is 1. The fraction of sp³-hybridized carbons (Fsp3) is 0.471. The summed E-state index contributed by atoms with van der Waals surface area (Å²) >= 11 is 0. The number of halogens is 3. The van der Waals surface area contributed by atoms with Gasteiger partial charge in [0.15, 0.2) is 0 Å². The second-order valence-electron chi connectivity index (χ2n) is 5.45. The molecule has 0 aromatic heterocycles. The summed E-state index contributed by atoms with van der Waals surface area (Å²) in [5, 5.41) is 2.67. The largest absolute Gasteiger partial charge is 0.416 e. The number of rotatable bonds is 5. The number of nitrogens with zero attached hydrogens (tertiary/aromatic N) is 1. The molecule has 1 aliphatic carbocycles. The van der Waals surface area contributed by atoms with Crippen molar-refractivity contribution in [2.24, 2.45) is 0 Å². The van der Waals surface area contributed by atoms with Gasteiger partial charge in [-0.05, 0) is 37.6 Å². The summed E-state index contributed by atoms with van der Waals surface area (Å²) < 4.78 is 37.7. The van der Waals surface area contributed by atoms with Crippen LogP contribution in [0.1, 0.15) is 30.9 Å². The van der Waals surface area contributed by atoms with Gasteiger partial charge in [0.2, 0.25) is 5.91 Å². The van der Waals surface area contributed by atoms with E-state index in [2.05, 4.69) is 22.1 Å². The Kier molecular flexibility index (Phi) is 5.67. The molecule has 3 nitrogen and oxygen atoms in total. The summed E-state index contributed by atoms with van der Waals surface area (Å²) in [6.45, 7) is 3.30. The molecule has 0 radical (unpaired) electrons. The van der Waals surface area contributed by atoms with Crippen LogP contribution in [0.25, 0.3) is 0 Å². The van der Waals surface area contributed by atoms with Gasteiger partial charge in [-0.15, -0.1) is 0 Å². The molecule has 0 spiro atoms. The van der Waals surface area contributed by atoms with Gasteiger partial charge in [-0.25, -0.2) is 0 Å². The van der Waals surface area contributed by atoms with Crippen LogP contribution in [0.2, 0.25) is 0 Å². The molecule has 0 atom stereocenters. The fourth-order valence-corrected chi connectivity index (χ4v) is 2.24. The summed E-state index contributed by atoms with van der Waals surface area (Å²) in [6.07, 6.45) is -2.11. The molecule has 124 valence electrons. The maximum atomic E-state index is 12.6. The van der Waals surface area contributed by atoms with Crippen LogP contribution in [0.15, 0.2) is 24.3 Å². The van der Waals surface area contributed by atoms with Gasteiger partial charge in [0.25, 0.3) is 0 Å². The van der Waals surface area contributed by atoms with E-state index in [1.54, 1.807) is 0 Å². The molecule has 0 heterocycles. The predicted octanol–water partition coefficient (Wildman–Crippen LogP) is 2.66. The first-order valence-electron chi connectivity index (χ1n) is 7.57. The lowest BCUT2D eigenvalue weighted by molar-refractivity contribution is -0.137. The van der Waals surface area contributed by atoms with Crippen LogP contribution in [0.3, 0.4) is 0 Å². The molecule has 1 fully saturated rings. The van der Waals surface area contributed by atoms with Gasteiger partial charge in [-0.1, -0.05) is 24.8 Å². The third-order valence-corrected chi connectivity index (χ3v) is 3.61. The maximum Gasteiger partial charge on any atom is 0.416 e. The average molecular weight is 324 g/mol. The SMILES string of the molecule is CCN(CC(=O)NCC#Cc1cccc(C(F)(F)F)c1)C1CC1. The molecule has 0 aliphatic heterocycles. The Hall–Kier alpha value is -2.00. The Balaban J connectivity index is 1.82. The molecule has 1 amide bonds. The third-order valence-electron chi connectivity index (χ3n) is 3.61. The Morgan fingerprint density at radius 3 is 2.74 bits per heavy atom. The number of hydrogen-bond donors (Lipinski definition) is 1. The summed E-state index contributed by atoms with van der Waals surface area (Å²) in [4.78, 5) is 13.9. The Morgan fingerprint density at radius 2 is 2.13 bits per heavy atom. The summed E-state index contributed by atoms with van der Waals surface area (Å²) in [5.41, 5.74) is -0.446. The van der Waals surface area contributed by atoms with E-state index in [0.29, 0.717) is 12.6 Å². The van der Waals surface area contributed by atoms with Gasteiger partial charge in [-0.3, -0.25) is 9.69 Å². The molecular weight excluding hydrogens is 305 g/mol. The van der Waals surface area contributed by atoms with E-state index in [4.69, 9.17) is 0 Å². The van der Waals surface area contributed by atoms with E-state index in [1.807, 2.05) is 6.92 Å². The minimum absolute atomic E-state index is 0.114. The van der Waals surface area contributed by atoms with Crippen molar-refractivity contribution in [3.05, 3.63) is 35.4 Å². The van der Waals surface area contributed by atoms with Crippen LogP contribution in [-0.4, -0.2) is 36.5 Å². The first-order valence-corrected chi connectivity index (χ1v) is 7.57. The van der Waals surface area contributed by atoms with E-state index >= 15 is 0 Å². The smallest absolute Gasteiger partial charge is 0.344 e. The average Bonchev–Trinajstić information content (AvgIpc) is 3.33. The Bertz CT molecular complexity index is 612. The number of amides is 1. The van der Waals surface area contributed by atoms with E-state index in [1.165, 1.54) is 12.1 Å². The molecule has 0 unspecified atom stereocenters. The fourth-order valence-electron chi connectivity index (χ4n) is 2.24. The minimum atomic E-state index is -4.38. The van der Waals surface area contributed by atoms with Gasteiger partial charge in [-0.2, -0.15) is 13.2 Å². The molecule has 1 saturated carbocycles. The van der Waals surface area contributed by atoms with Crippen LogP contribution in [-0.2, 0) is 11.0 Å². The topological polar surface area (TPSA) is 32.3 Å². The van der Waals surface area contributed by atoms with Crippen molar-refractivity contribution in [2.45, 2.75) is 32.0 Å². The molecule has 0 bridgehead atoms. The number of alkyl halides is 3. The Labute approximate surface area is 133 Å². The third kappa shape index (κ3) is 5.61. The number of carbonyl (C=O) groups excluding carboxylic acids is 1. The second kappa shape index (κ2) is 7.51. The van der Waals surface area contributed by atoms with Crippen molar-refractivity contribution in [3.8, 4) is 11.8 Å². The summed E-state index contributed by atoms with van der Waals surface area (Å²) in [7, 11) is 0. The molecule has 0 saturated heterocycles. The predicted molar refractivity (Wildman–Crippen MR) is 81.6 cm³/mol. The first-order chi connectivity index (χ1) is 10.9. The van der Waals surface area contributed by atoms with E-state index in [9.17, 15) is 18.0 Å². The summed E-state index contributed by atoms with van der Waals surface area (Å²) in [5.74, 6) is 5.20. The van der Waals surface area contributed by atoms with Crippen LogP contribution in [0.5, 0.6) is 0 Å². The van der Waals surface area contributed by atoms with Crippen LogP contribution in [0, 0.1) is 11.8 Å². The molecular formula is C17H19F3N2O. The second-order valence-corrected chi connectivity index (χ2v) is 5.45. The number of likely N-dealkylation sites (N-methyl/N-ethyl adjacent to an activating group) is 1. The standard InChI is InChI=1S/C17H19F3N2O/c1-2-22(15-8-9-15)12-16(23)21-10-4-6-13-5-3-7-14(11-13)17(18,19)20/h3,5,7,11,15H,2,8-10,12H2,1H3,(H,21,23). The normalized spacial score (nSPS) is 14.3. The lowest BCUT2D eigenvalue weighted by atomic mass is 10.1. The highest BCUT2D eigenvalue weighted by Gasteiger charge is 2.30. The number of benzene rings is 1. The molecule has 1 N–H and O–H groups in total. The van der Waals surface area contributed by atoms with Crippen molar-refractivity contribution in [3.63, 3.8) is 0 Å². The molecule has 1 aliphatic rings. The lowest BCUT2D eigenvalue weighted by Crippen LogP contribution is -2.38. The van der Waals surface area contributed by atoms with Crippen molar-refractivity contribution < 1.29 is 18.0 Å². The van der Waals surface area contributed by atoms with Crippen LogP contribution < -0.4 is 5.32 Å². The molecule has 2 rings (SSSR count). The molecule has 23 heavy (non-hydrogen) atoms. The highest BCUT2D eigenvalue weighted by Crippen LogP contribution is 2.29. The van der Waals surface area contributed by atoms with Gasteiger partial charge in [0, 0.05) is 11.6 Å². The summed E-state index contributed by atoms with van der Waals surface area (Å²) in [6, 6.07) is 5.35. The number of hydrogen-bond acceptors (Lipinski definition) is 2. The first kappa shape index (κ1) is 17.4. The zero-order valence-corrected chi connectivity index (χ0v) is 12.9. The van der Waals surface area contributed by atoms with E-state index in [0.717, 1.165) is 31.5 Å². The minimum Gasteiger partial charge on any atom is -0.344 e. The number of nitrogens with one attached hydrogen (secondary N) is 1. The van der Waals surface area contributed by atoms with E-state index < -0.39 is 11.7 Å². The highest BCUT2D eigenvalue weighted by atomic mass is 19.4. The quantitative estimate of drug-likeness (QED) is 0.845. The zero-order valence-electron chi connectivity index (χ0n) is 12.9. The highest BCUT2D eigenvalue weighted by molar-refractivity contribution is 5.78. The Morgan fingerprint density at radius 1 is 1.39 bits per heavy atom. The maximum absolute atomic E-state index is 12.6. The van der Waals surface area contributed by atoms with Crippen LogP contribution >= 0.6 is 0 Å². The van der Waals surface area contributed by atoms with Gasteiger partial charge < -0.3 is 5.32 Å². The van der Waals surface area contributed by atoms with Crippen molar-refractivity contribution in [1.29, 1.82) is 0 Å². The molecule has 1 aromatic rings. The molecule has 1 aromatic carbocycles. The molecule has 6 heteroatoms. The van der Waals surface area contributed by atoms with Crippen molar-refractivity contribution in [2.75, 3.05) is 19.6 Å².